The van der Waals surface area contributed by atoms with E-state index in [-0.39, 0.29) is 0 Å². The molecule has 0 aliphatic rings. The van der Waals surface area contributed by atoms with E-state index in [0.29, 0.717) is 0 Å². The van der Waals surface area contributed by atoms with Gasteiger partial charge in [0, 0.05) is 34.8 Å². The van der Waals surface area contributed by atoms with Crippen LogP contribution in [-0.2, 0) is 20.0 Å². The van der Waals surface area contributed by atoms with Crippen LogP contribution in [0.1, 0.15) is 18.2 Å². The van der Waals surface area contributed by atoms with Crippen LogP contribution in [0.3, 0.4) is 0 Å². The Morgan fingerprint density at radius 2 is 2.22 bits per heavy atom. The fourth-order valence-electron chi connectivity index (χ4n) is 1.85. The summed E-state index contributed by atoms with van der Waals surface area (Å²) in [5.74, 6) is 0. The zero-order valence-electron chi connectivity index (χ0n) is 10.4. The van der Waals surface area contributed by atoms with Gasteiger partial charge in [0.1, 0.15) is 0 Å². The SMILES string of the molecule is CCc1nn(C)cc1CNc1cc(Cl)ccc1Br. The summed E-state index contributed by atoms with van der Waals surface area (Å²) in [5.41, 5.74) is 3.34. The van der Waals surface area contributed by atoms with Gasteiger partial charge in [-0.1, -0.05) is 18.5 Å². The van der Waals surface area contributed by atoms with Crippen molar-refractivity contribution in [3.8, 4) is 0 Å². The minimum absolute atomic E-state index is 0.725. The number of nitrogens with one attached hydrogen (secondary N) is 1. The molecule has 1 aromatic carbocycles. The number of aromatic nitrogens is 2. The van der Waals surface area contributed by atoms with Gasteiger partial charge in [-0.3, -0.25) is 4.68 Å². The number of halogens is 2. The molecule has 0 spiro atoms. The molecule has 2 aromatic rings. The van der Waals surface area contributed by atoms with Crippen LogP contribution >= 0.6 is 27.5 Å². The summed E-state index contributed by atoms with van der Waals surface area (Å²) >= 11 is 9.49. The number of hydrogen-bond donors (Lipinski definition) is 1. The molecule has 0 amide bonds. The van der Waals surface area contributed by atoms with Crippen molar-refractivity contribution < 1.29 is 0 Å². The minimum atomic E-state index is 0.725. The average Bonchev–Trinajstić information content (AvgIpc) is 2.71. The second kappa shape index (κ2) is 5.76. The fourth-order valence-corrected chi connectivity index (χ4v) is 2.41. The van der Waals surface area contributed by atoms with Crippen LogP contribution in [-0.4, -0.2) is 9.78 Å². The van der Waals surface area contributed by atoms with E-state index in [1.165, 1.54) is 5.56 Å². The zero-order chi connectivity index (χ0) is 13.1. The summed E-state index contributed by atoms with van der Waals surface area (Å²) in [7, 11) is 1.94. The van der Waals surface area contributed by atoms with Crippen LogP contribution in [0.15, 0.2) is 28.9 Å². The van der Waals surface area contributed by atoms with E-state index in [0.717, 1.165) is 33.8 Å². The fraction of sp³-hybridized carbons (Fsp3) is 0.308. The second-order valence-corrected chi connectivity index (χ2v) is 5.40. The normalized spacial score (nSPS) is 10.7. The van der Waals surface area contributed by atoms with E-state index in [1.54, 1.807) is 0 Å². The lowest BCUT2D eigenvalue weighted by molar-refractivity contribution is 0.746. The smallest absolute Gasteiger partial charge is 0.0671 e. The molecule has 18 heavy (non-hydrogen) atoms. The number of hydrogen-bond acceptors (Lipinski definition) is 2. The Balaban J connectivity index is 2.13. The third-order valence-electron chi connectivity index (χ3n) is 2.72. The Labute approximate surface area is 120 Å². The number of nitrogens with zero attached hydrogens (tertiary/aromatic N) is 2. The molecule has 0 unspecified atom stereocenters. The van der Waals surface area contributed by atoms with Gasteiger partial charge in [-0.25, -0.2) is 0 Å². The van der Waals surface area contributed by atoms with Crippen LogP contribution in [0.5, 0.6) is 0 Å². The monoisotopic (exact) mass is 327 g/mol. The zero-order valence-corrected chi connectivity index (χ0v) is 12.7. The summed E-state index contributed by atoms with van der Waals surface area (Å²) in [6, 6.07) is 5.71. The molecule has 0 bridgehead atoms. The van der Waals surface area contributed by atoms with Gasteiger partial charge in [-0.15, -0.1) is 0 Å². The van der Waals surface area contributed by atoms with Crippen molar-refractivity contribution in [3.63, 3.8) is 0 Å². The molecule has 0 atom stereocenters. The summed E-state index contributed by atoms with van der Waals surface area (Å²) in [6.07, 6.45) is 2.98. The highest BCUT2D eigenvalue weighted by molar-refractivity contribution is 9.10. The molecule has 0 saturated carbocycles. The molecule has 1 heterocycles. The van der Waals surface area contributed by atoms with E-state index in [1.807, 2.05) is 36.1 Å². The number of rotatable bonds is 4. The molecule has 0 radical (unpaired) electrons. The standard InChI is InChI=1S/C13H15BrClN3/c1-3-12-9(8-18(2)17-12)7-16-13-6-10(15)4-5-11(13)14/h4-6,8,16H,3,7H2,1-2H3. The highest BCUT2D eigenvalue weighted by atomic mass is 79.9. The molecule has 0 fully saturated rings. The van der Waals surface area contributed by atoms with Crippen LogP contribution < -0.4 is 5.32 Å². The average molecular weight is 329 g/mol. The molecule has 3 nitrogen and oxygen atoms in total. The first kappa shape index (κ1) is 13.4. The predicted molar refractivity (Wildman–Crippen MR) is 79.1 cm³/mol. The molecular formula is C13H15BrClN3. The predicted octanol–water partition coefficient (Wildman–Crippen LogP) is 4.01. The molecular weight excluding hydrogens is 314 g/mol. The third-order valence-corrected chi connectivity index (χ3v) is 3.65. The van der Waals surface area contributed by atoms with Gasteiger partial charge >= 0.3 is 0 Å². The third kappa shape index (κ3) is 3.06. The Hall–Kier alpha value is -1.000. The van der Waals surface area contributed by atoms with Crippen molar-refractivity contribution >= 4 is 33.2 Å². The van der Waals surface area contributed by atoms with Crippen molar-refractivity contribution in [2.24, 2.45) is 7.05 Å². The van der Waals surface area contributed by atoms with E-state index in [2.05, 4.69) is 33.3 Å². The quantitative estimate of drug-likeness (QED) is 0.919. The summed E-state index contributed by atoms with van der Waals surface area (Å²) in [6.45, 7) is 2.86. The molecule has 1 N–H and O–H groups in total. The Bertz CT molecular complexity index is 551. The Morgan fingerprint density at radius 3 is 2.94 bits per heavy atom. The van der Waals surface area contributed by atoms with Crippen molar-refractivity contribution in [1.82, 2.24) is 9.78 Å². The highest BCUT2D eigenvalue weighted by Crippen LogP contribution is 2.26. The van der Waals surface area contributed by atoms with Crippen LogP contribution in [0.4, 0.5) is 5.69 Å². The largest absolute Gasteiger partial charge is 0.380 e. The van der Waals surface area contributed by atoms with E-state index in [9.17, 15) is 0 Å². The summed E-state index contributed by atoms with van der Waals surface area (Å²) in [4.78, 5) is 0. The maximum Gasteiger partial charge on any atom is 0.0671 e. The van der Waals surface area contributed by atoms with Gasteiger partial charge in [0.05, 0.1) is 11.4 Å². The Kier molecular flexibility index (Phi) is 4.30. The first-order valence-corrected chi connectivity index (χ1v) is 6.97. The first-order valence-electron chi connectivity index (χ1n) is 5.80. The lowest BCUT2D eigenvalue weighted by atomic mass is 10.2. The Morgan fingerprint density at radius 1 is 1.44 bits per heavy atom. The van der Waals surface area contributed by atoms with Crippen LogP contribution in [0, 0.1) is 0 Å². The van der Waals surface area contributed by atoms with Gasteiger partial charge in [0.2, 0.25) is 0 Å². The number of anilines is 1. The van der Waals surface area contributed by atoms with E-state index in [4.69, 9.17) is 11.6 Å². The van der Waals surface area contributed by atoms with E-state index < -0.39 is 0 Å². The minimum Gasteiger partial charge on any atom is -0.380 e. The topological polar surface area (TPSA) is 29.9 Å². The molecule has 2 rings (SSSR count). The van der Waals surface area contributed by atoms with E-state index >= 15 is 0 Å². The van der Waals surface area contributed by atoms with Crippen molar-refractivity contribution in [3.05, 3.63) is 45.1 Å². The van der Waals surface area contributed by atoms with Crippen LogP contribution in [0.25, 0.3) is 0 Å². The highest BCUT2D eigenvalue weighted by Gasteiger charge is 2.06. The summed E-state index contributed by atoms with van der Waals surface area (Å²) in [5, 5.41) is 8.52. The maximum absolute atomic E-state index is 5.98. The lowest BCUT2D eigenvalue weighted by Gasteiger charge is -2.08. The molecule has 0 saturated heterocycles. The van der Waals surface area contributed by atoms with Crippen molar-refractivity contribution in [1.29, 1.82) is 0 Å². The number of aryl methyl sites for hydroxylation is 2. The molecule has 0 aliphatic carbocycles. The van der Waals surface area contributed by atoms with Gasteiger partial charge in [-0.05, 0) is 40.5 Å². The second-order valence-electron chi connectivity index (χ2n) is 4.11. The summed E-state index contributed by atoms with van der Waals surface area (Å²) < 4.78 is 2.86. The number of benzene rings is 1. The van der Waals surface area contributed by atoms with Crippen molar-refractivity contribution in [2.45, 2.75) is 19.9 Å². The van der Waals surface area contributed by atoms with Crippen LogP contribution in [0.2, 0.25) is 5.02 Å². The van der Waals surface area contributed by atoms with Gasteiger partial charge in [0.25, 0.3) is 0 Å². The van der Waals surface area contributed by atoms with Gasteiger partial charge in [0.15, 0.2) is 0 Å². The molecule has 1 aromatic heterocycles. The molecule has 96 valence electrons. The first-order chi connectivity index (χ1) is 8.60. The molecule has 5 heteroatoms. The lowest BCUT2D eigenvalue weighted by Crippen LogP contribution is -2.01. The van der Waals surface area contributed by atoms with Gasteiger partial charge < -0.3 is 5.32 Å². The molecule has 0 aliphatic heterocycles. The van der Waals surface area contributed by atoms with Gasteiger partial charge in [-0.2, -0.15) is 5.10 Å². The maximum atomic E-state index is 5.98. The van der Waals surface area contributed by atoms with Crippen molar-refractivity contribution in [2.75, 3.05) is 5.32 Å².